The molecule has 0 atom stereocenters. The first-order valence-corrected chi connectivity index (χ1v) is 14.9. The Balaban J connectivity index is 0.000000221. The number of rotatable bonds is 4. The summed E-state index contributed by atoms with van der Waals surface area (Å²) in [6.45, 7) is 0. The number of nitrogens with zero attached hydrogens (tertiary/aromatic N) is 3. The first-order valence-electron chi connectivity index (χ1n) is 9.72. The minimum atomic E-state index is -3.22. The van der Waals surface area contributed by atoms with Crippen LogP contribution in [-0.4, -0.2) is 36.3 Å². The molecule has 2 N–H and O–H groups in total. The first-order chi connectivity index (χ1) is 17.3. The van der Waals surface area contributed by atoms with Crippen LogP contribution >= 0.6 is 62.1 Å². The number of hydrogen-bond acceptors (Lipinski definition) is 7. The smallest absolute Gasteiger partial charge is 0.354 e. The van der Waals surface area contributed by atoms with Crippen LogP contribution in [0.25, 0.3) is 22.8 Å². The summed E-state index contributed by atoms with van der Waals surface area (Å²) in [4.78, 5) is 47.3. The van der Waals surface area contributed by atoms with E-state index in [4.69, 9.17) is 28.3 Å². The van der Waals surface area contributed by atoms with Gasteiger partial charge in [-0.2, -0.15) is 0 Å². The van der Waals surface area contributed by atoms with Gasteiger partial charge >= 0.3 is 11.2 Å². The lowest BCUT2D eigenvalue weighted by atomic mass is 10.2. The number of H-pyrrole nitrogens is 1. The fourth-order valence-electron chi connectivity index (χ4n) is 2.53. The maximum absolute atomic E-state index is 11.2. The zero-order chi connectivity index (χ0) is 27.6. The van der Waals surface area contributed by atoms with Crippen LogP contribution in [0.15, 0.2) is 77.6 Å². The van der Waals surface area contributed by atoms with Crippen molar-refractivity contribution in [1.29, 1.82) is 0 Å². The van der Waals surface area contributed by atoms with Crippen molar-refractivity contribution < 1.29 is 19.3 Å². The second-order valence-electron chi connectivity index (χ2n) is 6.59. The summed E-state index contributed by atoms with van der Waals surface area (Å²) in [6.07, 6.45) is 0. The van der Waals surface area contributed by atoms with Crippen LogP contribution < -0.4 is 5.56 Å². The topological polar surface area (TPSA) is 143 Å². The van der Waals surface area contributed by atoms with E-state index in [0.29, 0.717) is 11.4 Å². The van der Waals surface area contributed by atoms with E-state index >= 15 is 0 Å². The van der Waals surface area contributed by atoms with Gasteiger partial charge in [0.2, 0.25) is 0 Å². The summed E-state index contributed by atoms with van der Waals surface area (Å²) in [7, 11) is 0. The van der Waals surface area contributed by atoms with Crippen LogP contribution in [0.3, 0.4) is 0 Å². The summed E-state index contributed by atoms with van der Waals surface area (Å²) in [5.74, 6) is -0.578. The number of nitrogens with one attached hydrogen (secondary N) is 1. The quantitative estimate of drug-likeness (QED) is 0.139. The zero-order valence-corrected chi connectivity index (χ0v) is 22.9. The summed E-state index contributed by atoms with van der Waals surface area (Å²) < 4.78 is 9.51. The molecule has 2 heterocycles. The normalized spacial score (nSPS) is 10.3. The van der Waals surface area contributed by atoms with Crippen LogP contribution in [0, 0.1) is 0 Å². The van der Waals surface area contributed by atoms with Gasteiger partial charge in [-0.25, -0.2) is 19.7 Å². The molecule has 192 valence electrons. The molecule has 0 fully saturated rings. The van der Waals surface area contributed by atoms with Gasteiger partial charge in [-0.05, 0) is 45.3 Å². The Morgan fingerprint density at radius 3 is 1.81 bits per heavy atom. The number of benzene rings is 2. The molecule has 0 aliphatic carbocycles. The van der Waals surface area contributed by atoms with Crippen molar-refractivity contribution in [3.8, 4) is 22.8 Å². The van der Waals surface area contributed by atoms with Gasteiger partial charge in [0.15, 0.2) is 11.5 Å². The second kappa shape index (κ2) is 14.2. The maximum atomic E-state index is 11.2. The Morgan fingerprint density at radius 1 is 0.811 bits per heavy atom. The van der Waals surface area contributed by atoms with Gasteiger partial charge in [0, 0.05) is 23.3 Å². The van der Waals surface area contributed by atoms with Crippen molar-refractivity contribution in [3.05, 3.63) is 99.7 Å². The number of carbonyl (C=O) groups is 2. The number of carboxylic acid groups (broad SMARTS) is 1. The van der Waals surface area contributed by atoms with Gasteiger partial charge in [0.1, 0.15) is 16.7 Å². The molecule has 4 aromatic rings. The summed E-state index contributed by atoms with van der Waals surface area (Å²) >= 11 is 25.0. The number of aromatic amines is 1. The van der Waals surface area contributed by atoms with E-state index in [9.17, 15) is 18.9 Å². The summed E-state index contributed by atoms with van der Waals surface area (Å²) in [5.41, 5.74) is 0.807. The Hall–Kier alpha value is -2.78. The van der Waals surface area contributed by atoms with Gasteiger partial charge in [-0.3, -0.25) is 14.2 Å². The third kappa shape index (κ3) is 11.4. The highest BCUT2D eigenvalue weighted by atomic mass is 36.0. The van der Waals surface area contributed by atoms with Crippen molar-refractivity contribution in [1.82, 2.24) is 19.9 Å². The van der Waals surface area contributed by atoms with Crippen LogP contribution in [0.4, 0.5) is 0 Å². The van der Waals surface area contributed by atoms with Gasteiger partial charge < -0.3 is 10.1 Å². The average Bonchev–Trinajstić information content (AvgIpc) is 2.84. The lowest BCUT2D eigenvalue weighted by Crippen LogP contribution is -2.13. The molecular weight excluding hydrogens is 609 g/mol. The number of aromatic carboxylic acids is 1. The van der Waals surface area contributed by atoms with E-state index in [-0.39, 0.29) is 22.4 Å². The standard InChI is InChI=1S/C11H6Cl2N2O.C11H8N2O3.Cl3OP/c12-9-6-8(10(13)16)14-11(15-9)7-4-2-1-3-5-7;14-9-6-8(11(15)16)12-10(13-9)7-4-2-1-3-5-7;1-5(2,3)4/h1-6H;1-6H,(H,15,16)(H,12,13,14);. The van der Waals surface area contributed by atoms with Crippen molar-refractivity contribution in [2.24, 2.45) is 0 Å². The molecule has 0 saturated carbocycles. The van der Waals surface area contributed by atoms with Crippen molar-refractivity contribution in [3.63, 3.8) is 0 Å². The van der Waals surface area contributed by atoms with Crippen LogP contribution in [-0.2, 0) is 4.57 Å². The van der Waals surface area contributed by atoms with Crippen LogP contribution in [0.2, 0.25) is 5.15 Å². The molecule has 0 radical (unpaired) electrons. The van der Waals surface area contributed by atoms with E-state index in [1.807, 2.05) is 36.4 Å². The van der Waals surface area contributed by atoms with E-state index in [1.165, 1.54) is 6.07 Å². The largest absolute Gasteiger partial charge is 0.477 e. The highest BCUT2D eigenvalue weighted by molar-refractivity contribution is 8.24. The third-order valence-electron chi connectivity index (χ3n) is 3.94. The molecule has 4 rings (SSSR count). The van der Waals surface area contributed by atoms with Gasteiger partial charge in [0.05, 0.1) is 0 Å². The fourth-order valence-corrected chi connectivity index (χ4v) is 2.81. The minimum absolute atomic E-state index is 0.0977. The molecule has 0 amide bonds. The number of halogens is 5. The Kier molecular flexibility index (Phi) is 11.7. The Bertz CT molecular complexity index is 1480. The molecule has 2 aromatic heterocycles. The maximum Gasteiger partial charge on any atom is 0.354 e. The van der Waals surface area contributed by atoms with E-state index in [0.717, 1.165) is 11.6 Å². The predicted molar refractivity (Wildman–Crippen MR) is 145 cm³/mol. The summed E-state index contributed by atoms with van der Waals surface area (Å²) in [5, 5.41) is 5.08. The fraction of sp³-hybridized carbons (Fsp3) is 0. The SMILES string of the molecule is O=C(Cl)c1cc(Cl)nc(-c2ccccc2)n1.O=C(O)c1cc(=O)[nH]c(-c2ccccc2)n1.O=P(Cl)(Cl)Cl. The van der Waals surface area contributed by atoms with Crippen molar-refractivity contribution in [2.45, 2.75) is 0 Å². The molecule has 2 aromatic carbocycles. The zero-order valence-electron chi connectivity index (χ0n) is 18.2. The average molecular weight is 623 g/mol. The third-order valence-corrected chi connectivity index (χ3v) is 4.32. The monoisotopic (exact) mass is 620 g/mol. The van der Waals surface area contributed by atoms with E-state index in [1.54, 1.807) is 24.3 Å². The molecule has 15 heteroatoms. The highest BCUT2D eigenvalue weighted by Gasteiger charge is 2.10. The lowest BCUT2D eigenvalue weighted by molar-refractivity contribution is 0.0690. The highest BCUT2D eigenvalue weighted by Crippen LogP contribution is 2.61. The van der Waals surface area contributed by atoms with E-state index < -0.39 is 22.0 Å². The number of aromatic nitrogens is 4. The van der Waals surface area contributed by atoms with Gasteiger partial charge in [-0.1, -0.05) is 72.3 Å². The molecule has 0 aliphatic heterocycles. The van der Waals surface area contributed by atoms with Crippen LogP contribution in [0.5, 0.6) is 0 Å². The number of hydrogen-bond donors (Lipinski definition) is 2. The molecular formula is C22H14Cl5N4O5P. The first kappa shape index (κ1) is 30.4. The predicted octanol–water partition coefficient (Wildman–Crippen LogP) is 7.12. The molecule has 0 saturated heterocycles. The Morgan fingerprint density at radius 2 is 1.32 bits per heavy atom. The molecule has 0 bridgehead atoms. The van der Waals surface area contributed by atoms with Crippen LogP contribution in [0.1, 0.15) is 21.0 Å². The minimum Gasteiger partial charge on any atom is -0.477 e. The molecule has 0 spiro atoms. The van der Waals surface area contributed by atoms with Gasteiger partial charge in [0.25, 0.3) is 10.8 Å². The second-order valence-corrected chi connectivity index (χ2v) is 14.0. The summed E-state index contributed by atoms with van der Waals surface area (Å²) in [6, 6.07) is 20.4. The number of carboxylic acids is 1. The lowest BCUT2D eigenvalue weighted by Gasteiger charge is -2.01. The molecule has 9 nitrogen and oxygen atoms in total. The molecule has 37 heavy (non-hydrogen) atoms. The number of carbonyl (C=O) groups excluding carboxylic acids is 1. The Labute approximate surface area is 234 Å². The van der Waals surface area contributed by atoms with Crippen molar-refractivity contribution >= 4 is 73.3 Å². The van der Waals surface area contributed by atoms with Gasteiger partial charge in [-0.15, -0.1) is 0 Å². The van der Waals surface area contributed by atoms with E-state index in [2.05, 4.69) is 53.7 Å². The molecule has 0 aliphatic rings. The van der Waals surface area contributed by atoms with Crippen molar-refractivity contribution in [2.75, 3.05) is 0 Å². The molecule has 0 unspecified atom stereocenters.